The van der Waals surface area contributed by atoms with Gasteiger partial charge in [-0.1, -0.05) is 60.7 Å². The van der Waals surface area contributed by atoms with Gasteiger partial charge in [0.1, 0.15) is 11.5 Å². The minimum Gasteiger partial charge on any atom is -0.481 e. The van der Waals surface area contributed by atoms with Crippen LogP contribution in [0, 0.1) is 0 Å². The van der Waals surface area contributed by atoms with Gasteiger partial charge in [0.2, 0.25) is 0 Å². The Hall–Kier alpha value is -2.86. The molecule has 0 bridgehead atoms. The Kier molecular flexibility index (Phi) is 9.27. The van der Waals surface area contributed by atoms with Crippen LogP contribution < -0.4 is 5.73 Å². The van der Waals surface area contributed by atoms with Crippen molar-refractivity contribution in [2.75, 3.05) is 6.54 Å². The van der Waals surface area contributed by atoms with Gasteiger partial charge in [0.15, 0.2) is 0 Å². The van der Waals surface area contributed by atoms with Crippen LogP contribution in [0.5, 0.6) is 0 Å². The third-order valence-corrected chi connectivity index (χ3v) is 5.31. The number of rotatable bonds is 4. The maximum absolute atomic E-state index is 12.5. The number of aliphatic carboxylic acids is 1. The maximum atomic E-state index is 12.5. The number of piperidine rings is 1. The zero-order valence-corrected chi connectivity index (χ0v) is 19.5. The fraction of sp³-hybridized carbons (Fsp3) is 0.462. The monoisotopic (exact) mass is 440 g/mol. The third-order valence-electron chi connectivity index (χ3n) is 5.31. The molecule has 32 heavy (non-hydrogen) atoms. The molecule has 1 amide bonds. The molecule has 0 aromatic heterocycles. The van der Waals surface area contributed by atoms with E-state index in [0.717, 1.165) is 18.4 Å². The van der Waals surface area contributed by atoms with Gasteiger partial charge < -0.3 is 20.5 Å². The van der Waals surface area contributed by atoms with Crippen LogP contribution in [0.15, 0.2) is 60.7 Å². The predicted octanol–water partition coefficient (Wildman–Crippen LogP) is 5.35. The normalized spacial score (nSPS) is 18.0. The Morgan fingerprint density at radius 1 is 1.00 bits per heavy atom. The SMILES string of the molecule is CC(C)(C)OC(=O)N1CCCC[C@@H]1[C@H](C(=O)O)c1ccccc1.C[C@H](N)c1ccccc1. The molecule has 2 aromatic carbocycles. The fourth-order valence-corrected chi connectivity index (χ4v) is 3.80. The summed E-state index contributed by atoms with van der Waals surface area (Å²) in [4.78, 5) is 26.0. The quantitative estimate of drug-likeness (QED) is 0.668. The van der Waals surface area contributed by atoms with Crippen LogP contribution in [0.4, 0.5) is 4.79 Å². The molecule has 3 atom stereocenters. The highest BCUT2D eigenvalue weighted by molar-refractivity contribution is 5.79. The molecule has 2 aromatic rings. The summed E-state index contributed by atoms with van der Waals surface area (Å²) in [6.07, 6.45) is 2.03. The number of benzene rings is 2. The summed E-state index contributed by atoms with van der Waals surface area (Å²) in [5.41, 5.74) is 6.94. The van der Waals surface area contributed by atoms with Crippen molar-refractivity contribution < 1.29 is 19.4 Å². The van der Waals surface area contributed by atoms with Crippen molar-refractivity contribution in [3.8, 4) is 0 Å². The van der Waals surface area contributed by atoms with Crippen LogP contribution >= 0.6 is 0 Å². The average Bonchev–Trinajstić information content (AvgIpc) is 2.74. The second kappa shape index (κ2) is 11.7. The maximum Gasteiger partial charge on any atom is 0.410 e. The van der Waals surface area contributed by atoms with Gasteiger partial charge in [-0.2, -0.15) is 0 Å². The molecule has 0 unspecified atom stereocenters. The van der Waals surface area contributed by atoms with Gasteiger partial charge >= 0.3 is 12.1 Å². The number of hydrogen-bond donors (Lipinski definition) is 2. The van der Waals surface area contributed by atoms with Crippen molar-refractivity contribution in [1.29, 1.82) is 0 Å². The summed E-state index contributed by atoms with van der Waals surface area (Å²) >= 11 is 0. The molecule has 1 heterocycles. The molecular weight excluding hydrogens is 404 g/mol. The molecule has 1 aliphatic heterocycles. The summed E-state index contributed by atoms with van der Waals surface area (Å²) in [5, 5.41) is 9.73. The number of carboxylic acid groups (broad SMARTS) is 1. The molecule has 0 aliphatic carbocycles. The molecule has 0 spiro atoms. The Morgan fingerprint density at radius 3 is 1.97 bits per heavy atom. The molecule has 174 valence electrons. The Morgan fingerprint density at radius 2 is 1.53 bits per heavy atom. The summed E-state index contributed by atoms with van der Waals surface area (Å²) in [6.45, 7) is 7.96. The smallest absolute Gasteiger partial charge is 0.410 e. The first kappa shape index (κ1) is 25.4. The van der Waals surface area contributed by atoms with Gasteiger partial charge in [0, 0.05) is 12.6 Å². The molecule has 1 fully saturated rings. The fourth-order valence-electron chi connectivity index (χ4n) is 3.80. The van der Waals surface area contributed by atoms with Crippen LogP contribution in [-0.2, 0) is 9.53 Å². The van der Waals surface area contributed by atoms with E-state index in [-0.39, 0.29) is 12.1 Å². The van der Waals surface area contributed by atoms with E-state index in [1.165, 1.54) is 5.56 Å². The van der Waals surface area contributed by atoms with Crippen molar-refractivity contribution in [2.45, 2.75) is 70.6 Å². The van der Waals surface area contributed by atoms with E-state index < -0.39 is 23.6 Å². The van der Waals surface area contributed by atoms with Gasteiger partial charge in [0.25, 0.3) is 0 Å². The van der Waals surface area contributed by atoms with Crippen molar-refractivity contribution in [1.82, 2.24) is 4.90 Å². The number of likely N-dealkylation sites (tertiary alicyclic amines) is 1. The Labute approximate surface area is 191 Å². The van der Waals surface area contributed by atoms with Crippen molar-refractivity contribution in [3.05, 3.63) is 71.8 Å². The number of amides is 1. The molecule has 0 saturated carbocycles. The van der Waals surface area contributed by atoms with Crippen LogP contribution in [0.25, 0.3) is 0 Å². The summed E-state index contributed by atoms with van der Waals surface area (Å²) in [5.74, 6) is -1.64. The minimum atomic E-state index is -0.906. The predicted molar refractivity (Wildman–Crippen MR) is 126 cm³/mol. The molecule has 3 N–H and O–H groups in total. The highest BCUT2D eigenvalue weighted by Gasteiger charge is 2.39. The number of nitrogens with zero attached hydrogens (tertiary/aromatic N) is 1. The van der Waals surface area contributed by atoms with Gasteiger partial charge in [-0.3, -0.25) is 4.79 Å². The summed E-state index contributed by atoms with van der Waals surface area (Å²) in [7, 11) is 0. The highest BCUT2D eigenvalue weighted by atomic mass is 16.6. The standard InChI is InChI=1S/C18H25NO4.C8H11N/c1-18(2,3)23-17(22)19-12-8-7-11-14(19)15(16(20)21)13-9-5-4-6-10-13;1-7(9)8-5-3-2-4-6-8/h4-6,9-10,14-15H,7-8,11-12H2,1-3H3,(H,20,21);2-7H,9H2,1H3/t14-,15-;7-/m10/s1. The number of carboxylic acids is 1. The number of carbonyl (C=O) groups excluding carboxylic acids is 1. The van der Waals surface area contributed by atoms with Crippen LogP contribution in [0.1, 0.15) is 70.0 Å². The number of hydrogen-bond acceptors (Lipinski definition) is 4. The first-order valence-electron chi connectivity index (χ1n) is 11.2. The highest BCUT2D eigenvalue weighted by Crippen LogP contribution is 2.32. The second-order valence-corrected chi connectivity index (χ2v) is 9.16. The van der Waals surface area contributed by atoms with Crippen LogP contribution in [0.3, 0.4) is 0 Å². The zero-order valence-electron chi connectivity index (χ0n) is 19.5. The van der Waals surface area contributed by atoms with Crippen molar-refractivity contribution in [2.24, 2.45) is 5.73 Å². The van der Waals surface area contributed by atoms with Gasteiger partial charge in [0.05, 0.1) is 6.04 Å². The van der Waals surface area contributed by atoms with E-state index in [2.05, 4.69) is 0 Å². The molecule has 0 radical (unpaired) electrons. The number of nitrogens with two attached hydrogens (primary N) is 1. The van der Waals surface area contributed by atoms with Gasteiger partial charge in [-0.25, -0.2) is 4.79 Å². The zero-order chi connectivity index (χ0) is 23.7. The summed E-state index contributed by atoms with van der Waals surface area (Å²) in [6, 6.07) is 19.0. The Balaban J connectivity index is 0.000000336. The minimum absolute atomic E-state index is 0.159. The summed E-state index contributed by atoms with van der Waals surface area (Å²) < 4.78 is 5.47. The first-order chi connectivity index (χ1) is 15.1. The van der Waals surface area contributed by atoms with E-state index in [9.17, 15) is 14.7 Å². The van der Waals surface area contributed by atoms with E-state index in [1.54, 1.807) is 17.0 Å². The molecule has 6 nitrogen and oxygen atoms in total. The average molecular weight is 441 g/mol. The molecular formula is C26H36N2O4. The molecule has 6 heteroatoms. The van der Waals surface area contributed by atoms with E-state index in [4.69, 9.17) is 10.5 Å². The lowest BCUT2D eigenvalue weighted by atomic mass is 9.85. The molecule has 1 saturated heterocycles. The van der Waals surface area contributed by atoms with Gasteiger partial charge in [-0.15, -0.1) is 0 Å². The third kappa shape index (κ3) is 7.68. The van der Waals surface area contributed by atoms with E-state index >= 15 is 0 Å². The largest absolute Gasteiger partial charge is 0.481 e. The first-order valence-corrected chi connectivity index (χ1v) is 11.2. The number of ether oxygens (including phenoxy) is 1. The molecule has 3 rings (SSSR count). The topological polar surface area (TPSA) is 92.9 Å². The van der Waals surface area contributed by atoms with Crippen LogP contribution in [0.2, 0.25) is 0 Å². The van der Waals surface area contributed by atoms with E-state index in [1.807, 2.05) is 76.2 Å². The second-order valence-electron chi connectivity index (χ2n) is 9.16. The van der Waals surface area contributed by atoms with Gasteiger partial charge in [-0.05, 0) is 58.1 Å². The van der Waals surface area contributed by atoms with E-state index in [0.29, 0.717) is 13.0 Å². The Bertz CT molecular complexity index is 847. The lowest BCUT2D eigenvalue weighted by Gasteiger charge is -2.39. The lowest BCUT2D eigenvalue weighted by molar-refractivity contribution is -0.140. The number of carbonyl (C=O) groups is 2. The van der Waals surface area contributed by atoms with Crippen molar-refractivity contribution >= 4 is 12.1 Å². The van der Waals surface area contributed by atoms with Crippen LogP contribution in [-0.4, -0.2) is 40.3 Å². The van der Waals surface area contributed by atoms with Crippen molar-refractivity contribution in [3.63, 3.8) is 0 Å². The molecule has 1 aliphatic rings. The lowest BCUT2D eigenvalue weighted by Crippen LogP contribution is -2.50.